The molecule has 0 aliphatic carbocycles. The van der Waals surface area contributed by atoms with Crippen molar-refractivity contribution in [3.63, 3.8) is 0 Å². The van der Waals surface area contributed by atoms with Crippen molar-refractivity contribution >= 4 is 17.3 Å². The van der Waals surface area contributed by atoms with Gasteiger partial charge in [0.1, 0.15) is 0 Å². The van der Waals surface area contributed by atoms with E-state index in [9.17, 15) is 9.18 Å². The second-order valence-corrected chi connectivity index (χ2v) is 4.99. The van der Waals surface area contributed by atoms with Crippen molar-refractivity contribution < 1.29 is 13.9 Å². The standard InChI is InChI=1S/C18H21FN2O2/c1-3-21(4-2)15-11-9-14(10-12-15)20-18(22)13-23-17-8-6-5-7-16(17)19/h5-12H,3-4,13H2,1-2H3,(H,20,22). The van der Waals surface area contributed by atoms with Gasteiger partial charge in [0.25, 0.3) is 5.91 Å². The molecule has 0 spiro atoms. The smallest absolute Gasteiger partial charge is 0.262 e. The lowest BCUT2D eigenvalue weighted by molar-refractivity contribution is -0.118. The summed E-state index contributed by atoms with van der Waals surface area (Å²) in [4.78, 5) is 14.1. The van der Waals surface area contributed by atoms with Gasteiger partial charge in [-0.1, -0.05) is 12.1 Å². The number of nitrogens with zero attached hydrogens (tertiary/aromatic N) is 1. The number of carbonyl (C=O) groups is 1. The summed E-state index contributed by atoms with van der Waals surface area (Å²) in [5.41, 5.74) is 1.79. The highest BCUT2D eigenvalue weighted by Gasteiger charge is 2.07. The molecule has 2 rings (SSSR count). The van der Waals surface area contributed by atoms with E-state index < -0.39 is 5.82 Å². The average Bonchev–Trinajstić information content (AvgIpc) is 2.57. The van der Waals surface area contributed by atoms with Gasteiger partial charge in [0.2, 0.25) is 0 Å². The van der Waals surface area contributed by atoms with Crippen LogP contribution in [0.1, 0.15) is 13.8 Å². The third kappa shape index (κ3) is 4.71. The fourth-order valence-electron chi connectivity index (χ4n) is 2.25. The Labute approximate surface area is 135 Å². The lowest BCUT2D eigenvalue weighted by Crippen LogP contribution is -2.22. The predicted octanol–water partition coefficient (Wildman–Crippen LogP) is 3.69. The number of anilines is 2. The number of carbonyl (C=O) groups excluding carboxylic acids is 1. The first-order valence-corrected chi connectivity index (χ1v) is 7.66. The van der Waals surface area contributed by atoms with Gasteiger partial charge >= 0.3 is 0 Å². The van der Waals surface area contributed by atoms with Crippen LogP contribution in [-0.4, -0.2) is 25.6 Å². The summed E-state index contributed by atoms with van der Waals surface area (Å²) in [6, 6.07) is 13.6. The van der Waals surface area contributed by atoms with E-state index in [0.717, 1.165) is 18.8 Å². The summed E-state index contributed by atoms with van der Waals surface area (Å²) in [5.74, 6) is -0.743. The van der Waals surface area contributed by atoms with E-state index in [2.05, 4.69) is 24.1 Å². The van der Waals surface area contributed by atoms with E-state index in [0.29, 0.717) is 5.69 Å². The van der Waals surface area contributed by atoms with Crippen molar-refractivity contribution in [2.75, 3.05) is 29.9 Å². The zero-order valence-electron chi connectivity index (χ0n) is 13.4. The highest BCUT2D eigenvalue weighted by molar-refractivity contribution is 5.92. The Kier molecular flexibility index (Phi) is 5.97. The predicted molar refractivity (Wildman–Crippen MR) is 90.5 cm³/mol. The van der Waals surface area contributed by atoms with Crippen LogP contribution in [0, 0.1) is 5.82 Å². The van der Waals surface area contributed by atoms with Crippen LogP contribution < -0.4 is 15.0 Å². The third-order valence-corrected chi connectivity index (χ3v) is 3.48. The maximum atomic E-state index is 13.4. The van der Waals surface area contributed by atoms with E-state index in [1.807, 2.05) is 24.3 Å². The van der Waals surface area contributed by atoms with Crippen LogP contribution in [0.15, 0.2) is 48.5 Å². The number of hydrogen-bond donors (Lipinski definition) is 1. The summed E-state index contributed by atoms with van der Waals surface area (Å²) in [7, 11) is 0. The molecule has 1 amide bonds. The highest BCUT2D eigenvalue weighted by Crippen LogP contribution is 2.18. The first kappa shape index (κ1) is 16.8. The van der Waals surface area contributed by atoms with E-state index >= 15 is 0 Å². The molecule has 0 saturated heterocycles. The van der Waals surface area contributed by atoms with E-state index in [1.54, 1.807) is 12.1 Å². The van der Waals surface area contributed by atoms with Crippen LogP contribution in [-0.2, 0) is 4.79 Å². The number of amides is 1. The number of hydrogen-bond acceptors (Lipinski definition) is 3. The summed E-state index contributed by atoms with van der Waals surface area (Å²) in [5, 5.41) is 2.73. The Bertz CT molecular complexity index is 640. The molecular weight excluding hydrogens is 295 g/mol. The van der Waals surface area contributed by atoms with Crippen LogP contribution in [0.5, 0.6) is 5.75 Å². The molecule has 1 N–H and O–H groups in total. The number of nitrogens with one attached hydrogen (secondary N) is 1. The molecule has 4 nitrogen and oxygen atoms in total. The molecule has 2 aromatic rings. The van der Waals surface area contributed by atoms with Crippen LogP contribution in [0.3, 0.4) is 0 Å². The Balaban J connectivity index is 1.89. The maximum absolute atomic E-state index is 13.4. The molecule has 0 aromatic heterocycles. The Hall–Kier alpha value is -2.56. The van der Waals surface area contributed by atoms with Gasteiger partial charge in [0, 0.05) is 24.5 Å². The number of rotatable bonds is 7. The lowest BCUT2D eigenvalue weighted by atomic mass is 10.2. The number of para-hydroxylation sites is 1. The third-order valence-electron chi connectivity index (χ3n) is 3.48. The first-order chi connectivity index (χ1) is 11.1. The monoisotopic (exact) mass is 316 g/mol. The quantitative estimate of drug-likeness (QED) is 0.847. The van der Waals surface area contributed by atoms with Crippen molar-refractivity contribution in [3.05, 3.63) is 54.3 Å². The molecule has 0 fully saturated rings. The van der Waals surface area contributed by atoms with Crippen LogP contribution in [0.4, 0.5) is 15.8 Å². The van der Waals surface area contributed by atoms with Crippen molar-refractivity contribution in [1.82, 2.24) is 0 Å². The minimum absolute atomic E-state index is 0.0690. The fraction of sp³-hybridized carbons (Fsp3) is 0.278. The molecule has 122 valence electrons. The summed E-state index contributed by atoms with van der Waals surface area (Å²) >= 11 is 0. The van der Waals surface area contributed by atoms with Crippen LogP contribution in [0.25, 0.3) is 0 Å². The van der Waals surface area contributed by atoms with Crippen molar-refractivity contribution in [1.29, 1.82) is 0 Å². The molecule has 23 heavy (non-hydrogen) atoms. The molecule has 0 unspecified atom stereocenters. The second-order valence-electron chi connectivity index (χ2n) is 4.99. The molecule has 5 heteroatoms. The number of halogens is 1. The Morgan fingerprint density at radius 2 is 1.74 bits per heavy atom. The van der Waals surface area contributed by atoms with Gasteiger partial charge in [-0.15, -0.1) is 0 Å². The van der Waals surface area contributed by atoms with Gasteiger partial charge in [-0.05, 0) is 50.2 Å². The largest absolute Gasteiger partial charge is 0.481 e. The SMILES string of the molecule is CCN(CC)c1ccc(NC(=O)COc2ccccc2F)cc1. The fourth-order valence-corrected chi connectivity index (χ4v) is 2.25. The molecule has 2 aromatic carbocycles. The van der Waals surface area contributed by atoms with Gasteiger partial charge < -0.3 is 15.0 Å². The van der Waals surface area contributed by atoms with Gasteiger partial charge in [0.15, 0.2) is 18.2 Å². The normalized spacial score (nSPS) is 10.2. The molecule has 0 aliphatic heterocycles. The van der Waals surface area contributed by atoms with E-state index in [1.165, 1.54) is 12.1 Å². The van der Waals surface area contributed by atoms with Gasteiger partial charge in [-0.3, -0.25) is 4.79 Å². The average molecular weight is 316 g/mol. The Morgan fingerprint density at radius 1 is 1.09 bits per heavy atom. The first-order valence-electron chi connectivity index (χ1n) is 7.66. The van der Waals surface area contributed by atoms with Crippen LogP contribution >= 0.6 is 0 Å². The van der Waals surface area contributed by atoms with Gasteiger partial charge in [-0.25, -0.2) is 4.39 Å². The van der Waals surface area contributed by atoms with Crippen molar-refractivity contribution in [2.45, 2.75) is 13.8 Å². The minimum atomic E-state index is -0.483. The number of ether oxygens (including phenoxy) is 1. The van der Waals surface area contributed by atoms with Crippen molar-refractivity contribution in [3.8, 4) is 5.75 Å². The summed E-state index contributed by atoms with van der Waals surface area (Å²) in [6.07, 6.45) is 0. The van der Waals surface area contributed by atoms with Crippen molar-refractivity contribution in [2.24, 2.45) is 0 Å². The number of benzene rings is 2. The molecule has 0 aliphatic rings. The molecule has 0 atom stereocenters. The summed E-state index contributed by atoms with van der Waals surface area (Å²) < 4.78 is 18.6. The molecule has 0 saturated carbocycles. The summed E-state index contributed by atoms with van der Waals surface area (Å²) in [6.45, 7) is 5.81. The molecule has 0 radical (unpaired) electrons. The molecule has 0 bridgehead atoms. The topological polar surface area (TPSA) is 41.6 Å². The maximum Gasteiger partial charge on any atom is 0.262 e. The zero-order valence-corrected chi connectivity index (χ0v) is 13.4. The highest BCUT2D eigenvalue weighted by atomic mass is 19.1. The van der Waals surface area contributed by atoms with E-state index in [-0.39, 0.29) is 18.3 Å². The van der Waals surface area contributed by atoms with Gasteiger partial charge in [-0.2, -0.15) is 0 Å². The van der Waals surface area contributed by atoms with E-state index in [4.69, 9.17) is 4.74 Å². The van der Waals surface area contributed by atoms with Gasteiger partial charge in [0.05, 0.1) is 0 Å². The minimum Gasteiger partial charge on any atom is -0.481 e. The zero-order chi connectivity index (χ0) is 16.7. The lowest BCUT2D eigenvalue weighted by Gasteiger charge is -2.21. The Morgan fingerprint density at radius 3 is 2.35 bits per heavy atom. The second kappa shape index (κ2) is 8.17. The molecular formula is C18H21FN2O2. The molecule has 0 heterocycles. The van der Waals surface area contributed by atoms with Crippen LogP contribution in [0.2, 0.25) is 0 Å².